The van der Waals surface area contributed by atoms with Crippen LogP contribution in [0.1, 0.15) is 53.4 Å². The Morgan fingerprint density at radius 3 is 2.43 bits per heavy atom. The maximum atomic E-state index is 12.8. The van der Waals surface area contributed by atoms with Crippen molar-refractivity contribution in [3.63, 3.8) is 0 Å². The zero-order chi connectivity index (χ0) is 25.8. The van der Waals surface area contributed by atoms with Gasteiger partial charge in [-0.2, -0.15) is 5.06 Å². The van der Waals surface area contributed by atoms with Crippen LogP contribution >= 0.6 is 0 Å². The molecule has 2 bridgehead atoms. The van der Waals surface area contributed by atoms with Crippen LogP contribution in [0.15, 0.2) is 0 Å². The zero-order valence-corrected chi connectivity index (χ0v) is 20.7. The number of nitrogens with zero attached hydrogens (tertiary/aromatic N) is 3. The second-order valence-corrected chi connectivity index (χ2v) is 9.83. The lowest BCUT2D eigenvalue weighted by Crippen LogP contribution is -2.56. The molecule has 35 heavy (non-hydrogen) atoms. The van der Waals surface area contributed by atoms with Crippen molar-refractivity contribution in [2.24, 2.45) is 5.92 Å². The standard InChI is InChI=1S/C22H35N5O8/c1-5-33-17(28)13-34-27-15-8-9-16(26(12-15)20(27)31)19(30)24-23-18(29)14-7-6-10-25(11-14)21(32)35-22(2,3)4/h14-16H,5-13H2,1-4H3,(H,23,29)(H,24,30)/t14-,15+,16-/m1/s1. The van der Waals surface area contributed by atoms with E-state index in [0.29, 0.717) is 32.2 Å². The molecule has 5 amide bonds. The molecule has 0 aromatic carbocycles. The number of esters is 1. The van der Waals surface area contributed by atoms with Crippen molar-refractivity contribution < 1.29 is 38.3 Å². The molecule has 3 fully saturated rings. The number of fused-ring (bicyclic) bond motifs is 2. The van der Waals surface area contributed by atoms with E-state index in [0.717, 1.165) is 5.06 Å². The van der Waals surface area contributed by atoms with Gasteiger partial charge in [0.15, 0.2) is 6.61 Å². The monoisotopic (exact) mass is 497 g/mol. The quantitative estimate of drug-likeness (QED) is 0.399. The second kappa shape index (κ2) is 11.1. The van der Waals surface area contributed by atoms with Crippen molar-refractivity contribution >= 4 is 29.9 Å². The molecule has 196 valence electrons. The van der Waals surface area contributed by atoms with E-state index < -0.39 is 54.1 Å². The number of piperidine rings is 2. The minimum absolute atomic E-state index is 0.194. The summed E-state index contributed by atoms with van der Waals surface area (Å²) in [4.78, 5) is 70.2. The van der Waals surface area contributed by atoms with Crippen LogP contribution in [0.4, 0.5) is 9.59 Å². The van der Waals surface area contributed by atoms with Gasteiger partial charge in [0.25, 0.3) is 5.91 Å². The maximum Gasteiger partial charge on any atom is 0.410 e. The summed E-state index contributed by atoms with van der Waals surface area (Å²) in [6, 6.07) is -1.56. The highest BCUT2D eigenvalue weighted by atomic mass is 16.7. The largest absolute Gasteiger partial charge is 0.464 e. The molecule has 3 rings (SSSR count). The number of nitrogens with one attached hydrogen (secondary N) is 2. The Labute approximate surface area is 204 Å². The number of urea groups is 1. The van der Waals surface area contributed by atoms with Gasteiger partial charge in [-0.1, -0.05) is 0 Å². The van der Waals surface area contributed by atoms with E-state index >= 15 is 0 Å². The second-order valence-electron chi connectivity index (χ2n) is 9.83. The van der Waals surface area contributed by atoms with Crippen LogP contribution in [-0.2, 0) is 28.7 Å². The van der Waals surface area contributed by atoms with Gasteiger partial charge in [-0.05, 0) is 53.4 Å². The first-order chi connectivity index (χ1) is 16.5. The number of ether oxygens (including phenoxy) is 2. The topological polar surface area (TPSA) is 147 Å². The smallest absolute Gasteiger partial charge is 0.410 e. The molecule has 3 aliphatic rings. The Hall–Kier alpha value is -3.09. The van der Waals surface area contributed by atoms with Crippen LogP contribution in [-0.4, -0.2) is 95.3 Å². The van der Waals surface area contributed by atoms with Crippen molar-refractivity contribution in [2.45, 2.75) is 71.1 Å². The van der Waals surface area contributed by atoms with E-state index in [1.807, 2.05) is 0 Å². The van der Waals surface area contributed by atoms with Crippen LogP contribution in [0, 0.1) is 5.92 Å². The molecule has 0 aromatic heterocycles. The molecule has 0 saturated carbocycles. The average molecular weight is 498 g/mol. The van der Waals surface area contributed by atoms with Gasteiger partial charge in [0.05, 0.1) is 18.6 Å². The minimum Gasteiger partial charge on any atom is -0.464 e. The Morgan fingerprint density at radius 1 is 1.03 bits per heavy atom. The lowest BCUT2D eigenvalue weighted by atomic mass is 9.97. The van der Waals surface area contributed by atoms with Gasteiger partial charge >= 0.3 is 18.1 Å². The highest BCUT2D eigenvalue weighted by Crippen LogP contribution is 2.30. The first-order valence-corrected chi connectivity index (χ1v) is 12.0. The van der Waals surface area contributed by atoms with Gasteiger partial charge in [0, 0.05) is 19.6 Å². The summed E-state index contributed by atoms with van der Waals surface area (Å²) in [5.74, 6) is -2.00. The molecule has 0 radical (unpaired) electrons. The van der Waals surface area contributed by atoms with Crippen LogP contribution in [0.2, 0.25) is 0 Å². The third kappa shape index (κ3) is 6.74. The number of amides is 5. The van der Waals surface area contributed by atoms with Crippen LogP contribution < -0.4 is 10.9 Å². The van der Waals surface area contributed by atoms with Crippen LogP contribution in [0.3, 0.4) is 0 Å². The zero-order valence-electron chi connectivity index (χ0n) is 20.7. The molecule has 3 saturated heterocycles. The average Bonchev–Trinajstić information content (AvgIpc) is 3.04. The van der Waals surface area contributed by atoms with Crippen LogP contribution in [0.25, 0.3) is 0 Å². The number of rotatable bonds is 6. The summed E-state index contributed by atoms with van der Waals surface area (Å²) < 4.78 is 10.2. The summed E-state index contributed by atoms with van der Waals surface area (Å²) in [5, 5.41) is 1.12. The molecule has 3 aliphatic heterocycles. The van der Waals surface area contributed by atoms with E-state index in [-0.39, 0.29) is 25.7 Å². The molecular weight excluding hydrogens is 462 g/mol. The number of hydroxylamine groups is 2. The molecule has 0 aromatic rings. The number of hydrazine groups is 1. The highest BCUT2D eigenvalue weighted by molar-refractivity contribution is 5.90. The van der Waals surface area contributed by atoms with Gasteiger partial charge < -0.3 is 19.3 Å². The predicted molar refractivity (Wildman–Crippen MR) is 120 cm³/mol. The minimum atomic E-state index is -0.778. The normalized spacial score (nSPS) is 24.2. The summed E-state index contributed by atoms with van der Waals surface area (Å²) in [6.07, 6.45) is 1.62. The van der Waals surface area contributed by atoms with Crippen molar-refractivity contribution in [2.75, 3.05) is 32.8 Å². The first-order valence-electron chi connectivity index (χ1n) is 12.0. The third-order valence-corrected chi connectivity index (χ3v) is 6.01. The van der Waals surface area contributed by atoms with Gasteiger partial charge in [-0.25, -0.2) is 14.4 Å². The summed E-state index contributed by atoms with van der Waals surface area (Å²) in [5.41, 5.74) is 4.22. The SMILES string of the molecule is CCOC(=O)CON1C(=O)N2C[C@@H]1CC[C@@H]2C(=O)NNC(=O)[C@@H]1CCCN(C(=O)OC(C)(C)C)C1. The molecule has 0 spiro atoms. The fourth-order valence-corrected chi connectivity index (χ4v) is 4.39. The third-order valence-electron chi connectivity index (χ3n) is 6.01. The molecule has 13 nitrogen and oxygen atoms in total. The molecule has 13 heteroatoms. The van der Waals surface area contributed by atoms with E-state index in [1.165, 1.54) is 9.80 Å². The van der Waals surface area contributed by atoms with Crippen molar-refractivity contribution in [1.82, 2.24) is 25.7 Å². The Bertz CT molecular complexity index is 844. The number of hydrogen-bond donors (Lipinski definition) is 2. The Kier molecular flexibility index (Phi) is 8.41. The summed E-state index contributed by atoms with van der Waals surface area (Å²) in [6.45, 7) is 7.79. The molecule has 3 atom stereocenters. The van der Waals surface area contributed by atoms with E-state index in [9.17, 15) is 24.0 Å². The fraction of sp³-hybridized carbons (Fsp3) is 0.773. The first kappa shape index (κ1) is 26.5. The number of carbonyl (C=O) groups is 5. The van der Waals surface area contributed by atoms with Crippen molar-refractivity contribution in [1.29, 1.82) is 0 Å². The predicted octanol–water partition coefficient (Wildman–Crippen LogP) is 0.544. The lowest BCUT2D eigenvalue weighted by molar-refractivity contribution is -0.172. The van der Waals surface area contributed by atoms with E-state index in [1.54, 1.807) is 27.7 Å². The van der Waals surface area contributed by atoms with Crippen LogP contribution in [0.5, 0.6) is 0 Å². The van der Waals surface area contributed by atoms with E-state index in [4.69, 9.17) is 14.3 Å². The Morgan fingerprint density at radius 2 is 1.74 bits per heavy atom. The van der Waals surface area contributed by atoms with Crippen molar-refractivity contribution in [3.05, 3.63) is 0 Å². The van der Waals surface area contributed by atoms with Gasteiger partial charge in [0.1, 0.15) is 11.6 Å². The lowest BCUT2D eigenvalue weighted by Gasteiger charge is -2.33. The van der Waals surface area contributed by atoms with Crippen molar-refractivity contribution in [3.8, 4) is 0 Å². The molecular formula is C22H35N5O8. The van der Waals surface area contributed by atoms with E-state index in [2.05, 4.69) is 10.9 Å². The summed E-state index contributed by atoms with van der Waals surface area (Å²) in [7, 11) is 0. The van der Waals surface area contributed by atoms with Gasteiger partial charge in [-0.15, -0.1) is 0 Å². The Balaban J connectivity index is 1.48. The highest BCUT2D eigenvalue weighted by Gasteiger charge is 2.48. The molecule has 0 unspecified atom stereocenters. The van der Waals surface area contributed by atoms with Gasteiger partial charge in [0.2, 0.25) is 5.91 Å². The summed E-state index contributed by atoms with van der Waals surface area (Å²) >= 11 is 0. The molecule has 2 N–H and O–H groups in total. The maximum absolute atomic E-state index is 12.8. The molecule has 0 aliphatic carbocycles. The number of hydrogen-bond acceptors (Lipinski definition) is 8. The molecule has 3 heterocycles. The number of likely N-dealkylation sites (tertiary alicyclic amines) is 1. The number of carbonyl (C=O) groups excluding carboxylic acids is 5. The fourth-order valence-electron chi connectivity index (χ4n) is 4.39. The van der Waals surface area contributed by atoms with Gasteiger partial charge in [-0.3, -0.25) is 25.3 Å².